The zero-order chi connectivity index (χ0) is 15.2. The molecule has 0 saturated carbocycles. The van der Waals surface area contributed by atoms with E-state index in [2.05, 4.69) is 37.3 Å². The quantitative estimate of drug-likeness (QED) is 0.832. The molecular formula is C15H21NO3S. The van der Waals surface area contributed by atoms with Crippen LogP contribution in [0, 0.1) is 17.3 Å². The summed E-state index contributed by atoms with van der Waals surface area (Å²) in [7, 11) is -3.51. The van der Waals surface area contributed by atoms with Crippen molar-refractivity contribution in [2.24, 2.45) is 5.41 Å². The lowest BCUT2D eigenvalue weighted by molar-refractivity contribution is 0.350. The van der Waals surface area contributed by atoms with Gasteiger partial charge in [-0.15, -0.1) is 0 Å². The summed E-state index contributed by atoms with van der Waals surface area (Å²) in [5.41, 5.74) is 0.648. The smallest absolute Gasteiger partial charge is 0.240 e. The minimum absolute atomic E-state index is 0.0803. The third-order valence-electron chi connectivity index (χ3n) is 2.62. The molecule has 1 aromatic rings. The molecule has 0 radical (unpaired) electrons. The van der Waals surface area contributed by atoms with Gasteiger partial charge in [0.05, 0.1) is 4.90 Å². The van der Waals surface area contributed by atoms with Crippen LogP contribution in [0.4, 0.5) is 0 Å². The van der Waals surface area contributed by atoms with Crippen LogP contribution in [0.3, 0.4) is 0 Å². The molecule has 4 nitrogen and oxygen atoms in total. The van der Waals surface area contributed by atoms with Crippen molar-refractivity contribution < 1.29 is 13.5 Å². The highest BCUT2D eigenvalue weighted by molar-refractivity contribution is 7.89. The van der Waals surface area contributed by atoms with Gasteiger partial charge in [0.2, 0.25) is 10.0 Å². The SMILES string of the molecule is CC(C)(C)CCNS(=O)(=O)c1cccc(C#CCO)c1. The molecule has 0 atom stereocenters. The topological polar surface area (TPSA) is 66.4 Å². The number of rotatable bonds is 4. The van der Waals surface area contributed by atoms with E-state index >= 15 is 0 Å². The lowest BCUT2D eigenvalue weighted by atomic mass is 9.93. The number of hydrogen-bond donors (Lipinski definition) is 2. The average Bonchev–Trinajstić information content (AvgIpc) is 2.35. The fourth-order valence-corrected chi connectivity index (χ4v) is 2.60. The fraction of sp³-hybridized carbons (Fsp3) is 0.467. The molecule has 20 heavy (non-hydrogen) atoms. The van der Waals surface area contributed by atoms with Gasteiger partial charge < -0.3 is 5.11 Å². The normalized spacial score (nSPS) is 11.8. The van der Waals surface area contributed by atoms with Gasteiger partial charge in [0, 0.05) is 12.1 Å². The van der Waals surface area contributed by atoms with Gasteiger partial charge in [-0.25, -0.2) is 13.1 Å². The van der Waals surface area contributed by atoms with E-state index in [1.807, 2.05) is 0 Å². The zero-order valence-electron chi connectivity index (χ0n) is 12.1. The summed E-state index contributed by atoms with van der Waals surface area (Å²) in [6.45, 7) is 6.34. The van der Waals surface area contributed by atoms with Crippen LogP contribution in [0.2, 0.25) is 0 Å². The second kappa shape index (κ2) is 6.89. The van der Waals surface area contributed by atoms with Crippen LogP contribution in [-0.4, -0.2) is 26.7 Å². The summed E-state index contributed by atoms with van der Waals surface area (Å²) < 4.78 is 26.9. The predicted molar refractivity (Wildman–Crippen MR) is 79.7 cm³/mol. The van der Waals surface area contributed by atoms with E-state index in [4.69, 9.17) is 5.11 Å². The van der Waals surface area contributed by atoms with Crippen LogP contribution in [0.15, 0.2) is 29.2 Å². The Balaban J connectivity index is 2.82. The highest BCUT2D eigenvalue weighted by atomic mass is 32.2. The lowest BCUT2D eigenvalue weighted by Gasteiger charge is -2.18. The van der Waals surface area contributed by atoms with Crippen molar-refractivity contribution in [2.45, 2.75) is 32.1 Å². The molecular weight excluding hydrogens is 274 g/mol. The third kappa shape index (κ3) is 5.74. The number of aliphatic hydroxyl groups is 1. The van der Waals surface area contributed by atoms with Crippen LogP contribution in [0.25, 0.3) is 0 Å². The molecule has 1 aromatic carbocycles. The summed E-state index contributed by atoms with van der Waals surface area (Å²) >= 11 is 0. The zero-order valence-corrected chi connectivity index (χ0v) is 12.9. The van der Waals surface area contributed by atoms with E-state index in [0.717, 1.165) is 6.42 Å². The largest absolute Gasteiger partial charge is 0.384 e. The van der Waals surface area contributed by atoms with E-state index < -0.39 is 10.0 Å². The average molecular weight is 295 g/mol. The summed E-state index contributed by atoms with van der Waals surface area (Å²) in [5, 5.41) is 8.64. The van der Waals surface area contributed by atoms with Crippen LogP contribution in [-0.2, 0) is 10.0 Å². The molecule has 1 rings (SSSR count). The van der Waals surface area contributed by atoms with E-state index in [1.54, 1.807) is 12.1 Å². The predicted octanol–water partition coefficient (Wildman–Crippen LogP) is 1.74. The van der Waals surface area contributed by atoms with Crippen LogP contribution < -0.4 is 4.72 Å². The number of nitrogens with one attached hydrogen (secondary N) is 1. The standard InChI is InChI=1S/C15H21NO3S/c1-15(2,3)9-10-16-20(18,19)14-8-4-6-13(12-14)7-5-11-17/h4,6,8,12,16-17H,9-11H2,1-3H3. The van der Waals surface area contributed by atoms with E-state index in [-0.39, 0.29) is 16.9 Å². The minimum atomic E-state index is -3.51. The molecule has 0 bridgehead atoms. The number of sulfonamides is 1. The summed E-state index contributed by atoms with van der Waals surface area (Å²) in [6, 6.07) is 6.38. The fourth-order valence-electron chi connectivity index (χ4n) is 1.53. The van der Waals surface area contributed by atoms with Crippen molar-refractivity contribution in [3.63, 3.8) is 0 Å². The number of aliphatic hydroxyl groups excluding tert-OH is 1. The molecule has 110 valence electrons. The second-order valence-electron chi connectivity index (χ2n) is 5.70. The Morgan fingerprint density at radius 2 is 2.00 bits per heavy atom. The number of hydrogen-bond acceptors (Lipinski definition) is 3. The first-order valence-electron chi connectivity index (χ1n) is 6.44. The van der Waals surface area contributed by atoms with Crippen LogP contribution in [0.1, 0.15) is 32.8 Å². The molecule has 0 aliphatic heterocycles. The van der Waals surface area contributed by atoms with Gasteiger partial charge >= 0.3 is 0 Å². The lowest BCUT2D eigenvalue weighted by Crippen LogP contribution is -2.27. The van der Waals surface area contributed by atoms with Crippen molar-refractivity contribution in [3.05, 3.63) is 29.8 Å². The molecule has 0 fully saturated rings. The molecule has 0 aliphatic rings. The Hall–Kier alpha value is -1.35. The molecule has 0 aliphatic carbocycles. The van der Waals surface area contributed by atoms with E-state index in [1.165, 1.54) is 12.1 Å². The van der Waals surface area contributed by atoms with E-state index in [9.17, 15) is 8.42 Å². The Morgan fingerprint density at radius 3 is 2.60 bits per heavy atom. The van der Waals surface area contributed by atoms with Gasteiger partial charge in [0.1, 0.15) is 6.61 Å². The van der Waals surface area contributed by atoms with E-state index in [0.29, 0.717) is 12.1 Å². The molecule has 0 saturated heterocycles. The Bertz CT molecular complexity index is 604. The van der Waals surface area contributed by atoms with Crippen LogP contribution >= 0.6 is 0 Å². The van der Waals surface area contributed by atoms with Gasteiger partial charge in [-0.3, -0.25) is 0 Å². The maximum Gasteiger partial charge on any atom is 0.240 e. The summed E-state index contributed by atoms with van der Waals surface area (Å²) in [5.74, 6) is 5.19. The first-order valence-corrected chi connectivity index (χ1v) is 7.92. The third-order valence-corrected chi connectivity index (χ3v) is 4.08. The first kappa shape index (κ1) is 16.7. The van der Waals surface area contributed by atoms with Crippen molar-refractivity contribution in [2.75, 3.05) is 13.2 Å². The van der Waals surface area contributed by atoms with Gasteiger partial charge in [0.15, 0.2) is 0 Å². The molecule has 0 amide bonds. The van der Waals surface area contributed by atoms with Crippen molar-refractivity contribution >= 4 is 10.0 Å². The Morgan fingerprint density at radius 1 is 1.30 bits per heavy atom. The Labute approximate surface area is 121 Å². The maximum absolute atomic E-state index is 12.1. The van der Waals surface area contributed by atoms with Gasteiger partial charge in [0.25, 0.3) is 0 Å². The molecule has 2 N–H and O–H groups in total. The number of benzene rings is 1. The van der Waals surface area contributed by atoms with Gasteiger partial charge in [-0.05, 0) is 30.0 Å². The van der Waals surface area contributed by atoms with Gasteiger partial charge in [-0.2, -0.15) is 0 Å². The minimum Gasteiger partial charge on any atom is -0.384 e. The maximum atomic E-state index is 12.1. The first-order chi connectivity index (χ1) is 9.24. The summed E-state index contributed by atoms with van der Waals surface area (Å²) in [6.07, 6.45) is 0.760. The molecule has 0 heterocycles. The second-order valence-corrected chi connectivity index (χ2v) is 7.46. The van der Waals surface area contributed by atoms with Crippen LogP contribution in [0.5, 0.6) is 0 Å². The van der Waals surface area contributed by atoms with Crippen molar-refractivity contribution in [3.8, 4) is 11.8 Å². The van der Waals surface area contributed by atoms with Gasteiger partial charge in [-0.1, -0.05) is 38.7 Å². The highest BCUT2D eigenvalue weighted by Crippen LogP contribution is 2.18. The highest BCUT2D eigenvalue weighted by Gasteiger charge is 2.16. The monoisotopic (exact) mass is 295 g/mol. The Kier molecular flexibility index (Phi) is 5.75. The van der Waals surface area contributed by atoms with Crippen molar-refractivity contribution in [1.82, 2.24) is 4.72 Å². The molecule has 0 unspecified atom stereocenters. The summed E-state index contributed by atoms with van der Waals surface area (Å²) in [4.78, 5) is 0.191. The molecule has 0 spiro atoms. The van der Waals surface area contributed by atoms with Crippen molar-refractivity contribution in [1.29, 1.82) is 0 Å². The molecule has 5 heteroatoms. The molecule has 0 aromatic heterocycles.